The van der Waals surface area contributed by atoms with E-state index in [0.717, 1.165) is 33.1 Å². The Bertz CT molecular complexity index is 998. The van der Waals surface area contributed by atoms with Gasteiger partial charge in [0, 0.05) is 16.5 Å². The smallest absolute Gasteiger partial charge is 0.274 e. The van der Waals surface area contributed by atoms with Crippen LogP contribution >= 0.6 is 0 Å². The van der Waals surface area contributed by atoms with E-state index in [1.807, 2.05) is 43.3 Å². The van der Waals surface area contributed by atoms with Crippen LogP contribution in [0.4, 0.5) is 5.69 Å². The van der Waals surface area contributed by atoms with Gasteiger partial charge in [-0.25, -0.2) is 0 Å². The highest BCUT2D eigenvalue weighted by Gasteiger charge is 2.16. The average Bonchev–Trinajstić information content (AvgIpc) is 3.13. The van der Waals surface area contributed by atoms with Crippen molar-refractivity contribution in [1.82, 2.24) is 20.4 Å². The number of carbonyl (C=O) groups excluding carboxylic acids is 1. The fourth-order valence-corrected chi connectivity index (χ4v) is 2.59. The third-order valence-corrected chi connectivity index (χ3v) is 3.65. The van der Waals surface area contributed by atoms with Crippen molar-refractivity contribution in [2.75, 3.05) is 5.32 Å². The summed E-state index contributed by atoms with van der Waals surface area (Å²) in [7, 11) is 0. The van der Waals surface area contributed by atoms with Crippen LogP contribution in [-0.4, -0.2) is 26.3 Å². The van der Waals surface area contributed by atoms with Crippen LogP contribution in [-0.2, 0) is 0 Å². The number of hydrogen-bond donors (Lipinski definition) is 3. The van der Waals surface area contributed by atoms with Gasteiger partial charge in [0.15, 0.2) is 0 Å². The minimum atomic E-state index is -0.212. The number of rotatable bonds is 2. The van der Waals surface area contributed by atoms with Gasteiger partial charge in [-0.05, 0) is 36.8 Å². The first kappa shape index (κ1) is 12.6. The third kappa shape index (κ3) is 1.93. The van der Waals surface area contributed by atoms with Crippen LogP contribution in [0.25, 0.3) is 21.8 Å². The van der Waals surface area contributed by atoms with Gasteiger partial charge in [-0.3, -0.25) is 15.0 Å². The Hall–Kier alpha value is -3.15. The van der Waals surface area contributed by atoms with E-state index in [4.69, 9.17) is 0 Å². The largest absolute Gasteiger partial charge is 0.321 e. The molecule has 0 bridgehead atoms. The molecule has 2 aromatic heterocycles. The maximum absolute atomic E-state index is 12.5. The van der Waals surface area contributed by atoms with E-state index >= 15 is 0 Å². The van der Waals surface area contributed by atoms with Crippen molar-refractivity contribution in [2.45, 2.75) is 6.92 Å². The Balaban J connectivity index is 1.75. The minimum Gasteiger partial charge on any atom is -0.321 e. The van der Waals surface area contributed by atoms with E-state index in [-0.39, 0.29) is 5.91 Å². The topological polar surface area (TPSA) is 86.5 Å². The van der Waals surface area contributed by atoms with Crippen LogP contribution in [0, 0.1) is 6.92 Å². The highest BCUT2D eigenvalue weighted by atomic mass is 16.1. The molecule has 0 fully saturated rings. The highest BCUT2D eigenvalue weighted by Crippen LogP contribution is 2.24. The van der Waals surface area contributed by atoms with Gasteiger partial charge in [0.05, 0.1) is 11.7 Å². The molecule has 0 unspecified atom stereocenters. The van der Waals surface area contributed by atoms with E-state index < -0.39 is 0 Å². The van der Waals surface area contributed by atoms with E-state index in [9.17, 15) is 4.79 Å². The van der Waals surface area contributed by atoms with Crippen molar-refractivity contribution in [2.24, 2.45) is 0 Å². The van der Waals surface area contributed by atoms with Gasteiger partial charge in [0.1, 0.15) is 11.2 Å². The molecule has 3 N–H and O–H groups in total. The Labute approximate surface area is 125 Å². The van der Waals surface area contributed by atoms with Crippen molar-refractivity contribution in [1.29, 1.82) is 0 Å². The van der Waals surface area contributed by atoms with Crippen LogP contribution in [0.5, 0.6) is 0 Å². The second kappa shape index (κ2) is 4.70. The number of nitrogens with one attached hydrogen (secondary N) is 3. The van der Waals surface area contributed by atoms with Crippen LogP contribution in [0.3, 0.4) is 0 Å². The number of hydrogen-bond acceptors (Lipinski definition) is 3. The quantitative estimate of drug-likeness (QED) is 0.530. The number of fused-ring (bicyclic) bond motifs is 3. The maximum Gasteiger partial charge on any atom is 0.274 e. The van der Waals surface area contributed by atoms with Crippen LogP contribution in [0.2, 0.25) is 0 Å². The van der Waals surface area contributed by atoms with Crippen molar-refractivity contribution in [3.8, 4) is 0 Å². The summed E-state index contributed by atoms with van der Waals surface area (Å²) in [5.41, 5.74) is 3.93. The minimum absolute atomic E-state index is 0.212. The monoisotopic (exact) mass is 291 g/mol. The molecule has 4 rings (SSSR count). The number of aromatic amines is 2. The van der Waals surface area contributed by atoms with Crippen LogP contribution in [0.15, 0.2) is 42.6 Å². The summed E-state index contributed by atoms with van der Waals surface area (Å²) in [6.07, 6.45) is 1.71. The standard InChI is InChI=1S/C16H13N5O/c1-9-3-2-4-10(7-9)18-16(22)15-11-5-6-13-12(8-17-19-13)14(11)20-21-15/h2-8H,1H3,(H,17,19)(H,18,22)(H,20,21). The third-order valence-electron chi connectivity index (χ3n) is 3.65. The Morgan fingerprint density at radius 3 is 2.91 bits per heavy atom. The molecule has 0 aliphatic rings. The molecule has 1 amide bonds. The van der Waals surface area contributed by atoms with E-state index in [2.05, 4.69) is 25.7 Å². The van der Waals surface area contributed by atoms with Crippen LogP contribution < -0.4 is 5.32 Å². The first-order valence-electron chi connectivity index (χ1n) is 6.90. The molecule has 22 heavy (non-hydrogen) atoms. The number of nitrogens with zero attached hydrogens (tertiary/aromatic N) is 2. The molecule has 0 saturated carbocycles. The number of anilines is 1. The predicted molar refractivity (Wildman–Crippen MR) is 84.9 cm³/mol. The SMILES string of the molecule is Cc1cccc(NC(=O)c2[nH]nc3c2ccc2[nH]ncc23)c1. The molecular formula is C16H13N5O. The summed E-state index contributed by atoms with van der Waals surface area (Å²) in [5, 5.41) is 18.5. The lowest BCUT2D eigenvalue weighted by atomic mass is 10.1. The van der Waals surface area contributed by atoms with E-state index in [0.29, 0.717) is 5.69 Å². The molecule has 2 aromatic carbocycles. The molecule has 0 aliphatic heterocycles. The number of aromatic nitrogens is 4. The lowest BCUT2D eigenvalue weighted by Gasteiger charge is -2.04. The normalized spacial score (nSPS) is 11.1. The Morgan fingerprint density at radius 2 is 2.05 bits per heavy atom. The molecule has 0 aliphatic carbocycles. The summed E-state index contributed by atoms with van der Waals surface area (Å²) in [6.45, 7) is 1.98. The number of aryl methyl sites for hydroxylation is 1. The summed E-state index contributed by atoms with van der Waals surface area (Å²) in [4.78, 5) is 12.5. The molecule has 0 spiro atoms. The molecule has 6 heteroatoms. The van der Waals surface area contributed by atoms with E-state index in [1.165, 1.54) is 0 Å². The van der Waals surface area contributed by atoms with Gasteiger partial charge in [-0.2, -0.15) is 10.2 Å². The first-order valence-corrected chi connectivity index (χ1v) is 6.90. The van der Waals surface area contributed by atoms with Gasteiger partial charge in [0.25, 0.3) is 5.91 Å². The molecule has 2 heterocycles. The maximum atomic E-state index is 12.5. The zero-order valence-corrected chi connectivity index (χ0v) is 11.8. The number of carbonyl (C=O) groups is 1. The number of H-pyrrole nitrogens is 2. The van der Waals surface area contributed by atoms with Gasteiger partial charge in [-0.15, -0.1) is 0 Å². The zero-order chi connectivity index (χ0) is 15.1. The highest BCUT2D eigenvalue weighted by molar-refractivity contribution is 6.15. The van der Waals surface area contributed by atoms with Gasteiger partial charge in [-0.1, -0.05) is 12.1 Å². The van der Waals surface area contributed by atoms with Crippen molar-refractivity contribution in [3.63, 3.8) is 0 Å². The molecular weight excluding hydrogens is 278 g/mol. The molecule has 0 atom stereocenters. The fourth-order valence-electron chi connectivity index (χ4n) is 2.59. The Kier molecular flexibility index (Phi) is 2.69. The molecule has 0 saturated heterocycles. The number of amides is 1. The van der Waals surface area contributed by atoms with Crippen molar-refractivity contribution >= 4 is 33.4 Å². The lowest BCUT2D eigenvalue weighted by molar-refractivity contribution is 0.102. The van der Waals surface area contributed by atoms with Crippen molar-refractivity contribution < 1.29 is 4.79 Å². The summed E-state index contributed by atoms with van der Waals surface area (Å²) < 4.78 is 0. The second-order valence-corrected chi connectivity index (χ2v) is 5.22. The summed E-state index contributed by atoms with van der Waals surface area (Å²) >= 11 is 0. The molecule has 0 radical (unpaired) electrons. The zero-order valence-electron chi connectivity index (χ0n) is 11.8. The fraction of sp³-hybridized carbons (Fsp3) is 0.0625. The molecule has 4 aromatic rings. The predicted octanol–water partition coefficient (Wildman–Crippen LogP) is 3.00. The van der Waals surface area contributed by atoms with Gasteiger partial charge >= 0.3 is 0 Å². The average molecular weight is 291 g/mol. The summed E-state index contributed by atoms with van der Waals surface area (Å²) in [6, 6.07) is 11.4. The van der Waals surface area contributed by atoms with Crippen LogP contribution in [0.1, 0.15) is 16.1 Å². The second-order valence-electron chi connectivity index (χ2n) is 5.22. The van der Waals surface area contributed by atoms with E-state index in [1.54, 1.807) is 6.20 Å². The lowest BCUT2D eigenvalue weighted by Crippen LogP contribution is -2.12. The Morgan fingerprint density at radius 1 is 1.14 bits per heavy atom. The van der Waals surface area contributed by atoms with Crippen molar-refractivity contribution in [3.05, 3.63) is 53.9 Å². The first-order chi connectivity index (χ1) is 10.7. The van der Waals surface area contributed by atoms with Gasteiger partial charge in [0.2, 0.25) is 0 Å². The summed E-state index contributed by atoms with van der Waals surface area (Å²) in [5.74, 6) is -0.212. The number of benzene rings is 2. The molecule has 108 valence electrons. The van der Waals surface area contributed by atoms with Gasteiger partial charge < -0.3 is 5.32 Å². The molecule has 6 nitrogen and oxygen atoms in total.